The molecule has 0 radical (unpaired) electrons. The maximum absolute atomic E-state index is 14.7. The fourth-order valence-electron chi connectivity index (χ4n) is 3.81. The van der Waals surface area contributed by atoms with Crippen LogP contribution in [-0.2, 0) is 12.8 Å². The lowest BCUT2D eigenvalue weighted by Gasteiger charge is -2.07. The molecule has 0 saturated carbocycles. The van der Waals surface area contributed by atoms with E-state index < -0.39 is 0 Å². The molecule has 3 aromatic rings. The maximum atomic E-state index is 14.7. The van der Waals surface area contributed by atoms with Crippen molar-refractivity contribution in [1.82, 2.24) is 0 Å². The summed E-state index contributed by atoms with van der Waals surface area (Å²) in [6.45, 7) is 4.35. The average molecular weight is 429 g/mol. The Morgan fingerprint density at radius 1 is 0.781 bits per heavy atom. The molecule has 0 aliphatic heterocycles. The Kier molecular flexibility index (Phi) is 9.37. The smallest absolute Gasteiger partial charge is 0.131 e. The first-order chi connectivity index (χ1) is 15.7. The van der Waals surface area contributed by atoms with Gasteiger partial charge in [-0.05, 0) is 53.1 Å². The third-order valence-corrected chi connectivity index (χ3v) is 5.73. The molecule has 0 N–H and O–H groups in total. The summed E-state index contributed by atoms with van der Waals surface area (Å²) >= 11 is 0. The molecule has 0 aliphatic rings. The highest BCUT2D eigenvalue weighted by Crippen LogP contribution is 2.24. The zero-order valence-electron chi connectivity index (χ0n) is 19.2. The molecule has 0 fully saturated rings. The molecule has 0 aromatic heterocycles. The SMILES string of the molecule is CCCCCCCc1ccc(-c2ccc(C=NN=Cc3ccccc3CC)cc2F)cc1. The summed E-state index contributed by atoms with van der Waals surface area (Å²) in [6.07, 6.45) is 11.8. The van der Waals surface area contributed by atoms with E-state index in [1.165, 1.54) is 49.3 Å². The van der Waals surface area contributed by atoms with Crippen molar-refractivity contribution in [2.75, 3.05) is 0 Å². The second-order valence-electron chi connectivity index (χ2n) is 8.14. The van der Waals surface area contributed by atoms with Gasteiger partial charge >= 0.3 is 0 Å². The molecule has 0 unspecified atom stereocenters. The average Bonchev–Trinajstić information content (AvgIpc) is 2.82. The molecule has 3 rings (SSSR count). The maximum Gasteiger partial charge on any atom is 0.131 e. The van der Waals surface area contributed by atoms with Gasteiger partial charge in [0.2, 0.25) is 0 Å². The summed E-state index contributed by atoms with van der Waals surface area (Å²) in [5.74, 6) is -0.249. The minimum Gasteiger partial charge on any atom is -0.206 e. The predicted octanol–water partition coefficient (Wildman–Crippen LogP) is 8.02. The first kappa shape index (κ1) is 23.6. The van der Waals surface area contributed by atoms with Crippen LogP contribution in [0.25, 0.3) is 11.1 Å². The standard InChI is InChI=1S/C29H33FN2/c1-3-5-6-7-8-11-23-14-17-26(18-15-23)28-19-16-24(20-29(28)30)21-31-32-22-27-13-10-9-12-25(27)4-2/h9-10,12-22H,3-8,11H2,1-2H3. The Balaban J connectivity index is 1.60. The molecule has 0 bridgehead atoms. The molecule has 0 spiro atoms. The Labute approximate surface area is 191 Å². The zero-order valence-corrected chi connectivity index (χ0v) is 19.2. The van der Waals surface area contributed by atoms with Crippen LogP contribution in [-0.4, -0.2) is 12.4 Å². The normalized spacial score (nSPS) is 11.6. The van der Waals surface area contributed by atoms with E-state index >= 15 is 0 Å². The number of unbranched alkanes of at least 4 members (excludes halogenated alkanes) is 4. The first-order valence-electron chi connectivity index (χ1n) is 11.7. The number of nitrogens with zero attached hydrogens (tertiary/aromatic N) is 2. The van der Waals surface area contributed by atoms with Gasteiger partial charge in [0.1, 0.15) is 5.82 Å². The van der Waals surface area contributed by atoms with Crippen molar-refractivity contribution in [1.29, 1.82) is 0 Å². The molecule has 0 saturated heterocycles. The number of halogens is 1. The van der Waals surface area contributed by atoms with Crippen molar-refractivity contribution < 1.29 is 4.39 Å². The molecule has 166 valence electrons. The van der Waals surface area contributed by atoms with Crippen molar-refractivity contribution in [3.05, 3.63) is 94.8 Å². The summed E-state index contributed by atoms with van der Waals surface area (Å²) in [5, 5.41) is 8.22. The number of hydrogen-bond donors (Lipinski definition) is 0. The molecule has 0 aliphatic carbocycles. The zero-order chi connectivity index (χ0) is 22.6. The quantitative estimate of drug-likeness (QED) is 0.168. The van der Waals surface area contributed by atoms with Crippen molar-refractivity contribution >= 4 is 12.4 Å². The van der Waals surface area contributed by atoms with Crippen LogP contribution < -0.4 is 0 Å². The van der Waals surface area contributed by atoms with E-state index in [2.05, 4.69) is 42.2 Å². The summed E-state index contributed by atoms with van der Waals surface area (Å²) in [7, 11) is 0. The van der Waals surface area contributed by atoms with Crippen LogP contribution in [0.15, 0.2) is 76.9 Å². The number of aryl methyl sites for hydroxylation is 2. The van der Waals surface area contributed by atoms with Gasteiger partial charge in [-0.25, -0.2) is 4.39 Å². The van der Waals surface area contributed by atoms with E-state index in [1.54, 1.807) is 12.4 Å². The third-order valence-electron chi connectivity index (χ3n) is 5.73. The molecule has 3 heteroatoms. The molecule has 32 heavy (non-hydrogen) atoms. The molecule has 2 nitrogen and oxygen atoms in total. The second kappa shape index (κ2) is 12.7. The highest BCUT2D eigenvalue weighted by atomic mass is 19.1. The van der Waals surface area contributed by atoms with Crippen LogP contribution in [0.1, 0.15) is 68.2 Å². The minimum absolute atomic E-state index is 0.249. The molecule has 0 amide bonds. The fraction of sp³-hybridized carbons (Fsp3) is 0.310. The van der Waals surface area contributed by atoms with E-state index in [-0.39, 0.29) is 5.82 Å². The summed E-state index contributed by atoms with van der Waals surface area (Å²) in [4.78, 5) is 0. The van der Waals surface area contributed by atoms with Gasteiger partial charge in [0, 0.05) is 5.56 Å². The van der Waals surface area contributed by atoms with Crippen LogP contribution in [0.2, 0.25) is 0 Å². The Bertz CT molecular complexity index is 1040. The van der Waals surface area contributed by atoms with Gasteiger partial charge < -0.3 is 0 Å². The number of rotatable bonds is 11. The summed E-state index contributed by atoms with van der Waals surface area (Å²) in [6, 6.07) is 21.6. The molecular formula is C29H33FN2. The van der Waals surface area contributed by atoms with Crippen molar-refractivity contribution in [2.45, 2.75) is 58.8 Å². The van der Waals surface area contributed by atoms with Gasteiger partial charge in [-0.3, -0.25) is 0 Å². The van der Waals surface area contributed by atoms with Gasteiger partial charge in [-0.15, -0.1) is 0 Å². The van der Waals surface area contributed by atoms with E-state index in [9.17, 15) is 4.39 Å². The molecule has 3 aromatic carbocycles. The van der Waals surface area contributed by atoms with Crippen LogP contribution in [0.4, 0.5) is 4.39 Å². The van der Waals surface area contributed by atoms with Crippen LogP contribution in [0.5, 0.6) is 0 Å². The minimum atomic E-state index is -0.249. The molecular weight excluding hydrogens is 395 g/mol. The lowest BCUT2D eigenvalue weighted by molar-refractivity contribution is 0.630. The Morgan fingerprint density at radius 3 is 2.28 bits per heavy atom. The van der Waals surface area contributed by atoms with Crippen molar-refractivity contribution in [3.8, 4) is 11.1 Å². The van der Waals surface area contributed by atoms with Gasteiger partial charge in [-0.1, -0.05) is 100 Å². The van der Waals surface area contributed by atoms with Crippen molar-refractivity contribution in [2.24, 2.45) is 10.2 Å². The second-order valence-corrected chi connectivity index (χ2v) is 8.14. The van der Waals surface area contributed by atoms with Crippen LogP contribution in [0, 0.1) is 5.82 Å². The van der Waals surface area contributed by atoms with E-state index in [1.807, 2.05) is 42.5 Å². The largest absolute Gasteiger partial charge is 0.206 e. The van der Waals surface area contributed by atoms with E-state index in [0.717, 1.165) is 24.0 Å². The predicted molar refractivity (Wildman–Crippen MR) is 135 cm³/mol. The lowest BCUT2D eigenvalue weighted by Crippen LogP contribution is -1.91. The molecule has 0 heterocycles. The lowest BCUT2D eigenvalue weighted by atomic mass is 10.00. The van der Waals surface area contributed by atoms with Gasteiger partial charge in [-0.2, -0.15) is 10.2 Å². The van der Waals surface area contributed by atoms with Gasteiger partial charge in [0.15, 0.2) is 0 Å². The van der Waals surface area contributed by atoms with Gasteiger partial charge in [0.05, 0.1) is 12.4 Å². The first-order valence-corrected chi connectivity index (χ1v) is 11.7. The van der Waals surface area contributed by atoms with Crippen LogP contribution >= 0.6 is 0 Å². The van der Waals surface area contributed by atoms with E-state index in [0.29, 0.717) is 11.1 Å². The number of hydrogen-bond acceptors (Lipinski definition) is 2. The Morgan fingerprint density at radius 2 is 1.53 bits per heavy atom. The monoisotopic (exact) mass is 428 g/mol. The summed E-state index contributed by atoms with van der Waals surface area (Å²) < 4.78 is 14.7. The highest BCUT2D eigenvalue weighted by molar-refractivity contribution is 5.84. The topological polar surface area (TPSA) is 24.7 Å². The van der Waals surface area contributed by atoms with Crippen molar-refractivity contribution in [3.63, 3.8) is 0 Å². The highest BCUT2D eigenvalue weighted by Gasteiger charge is 2.06. The third kappa shape index (κ3) is 6.98. The summed E-state index contributed by atoms with van der Waals surface area (Å²) in [5.41, 5.74) is 5.79. The van der Waals surface area contributed by atoms with Crippen LogP contribution in [0.3, 0.4) is 0 Å². The Hall–Kier alpha value is -3.07. The van der Waals surface area contributed by atoms with E-state index in [4.69, 9.17) is 0 Å². The number of benzene rings is 3. The van der Waals surface area contributed by atoms with Gasteiger partial charge in [0.25, 0.3) is 0 Å². The molecule has 0 atom stereocenters. The fourth-order valence-corrected chi connectivity index (χ4v) is 3.81.